The second kappa shape index (κ2) is 9.09. The first-order valence-electron chi connectivity index (χ1n) is 9.71. The second-order valence-corrected chi connectivity index (χ2v) is 7.89. The van der Waals surface area contributed by atoms with Gasteiger partial charge in [0.1, 0.15) is 11.6 Å². The number of rotatable bonds is 7. The van der Waals surface area contributed by atoms with Crippen molar-refractivity contribution in [2.45, 2.75) is 33.9 Å². The summed E-state index contributed by atoms with van der Waals surface area (Å²) >= 11 is 1.55. The molecule has 0 saturated heterocycles. The molecule has 0 spiro atoms. The first-order valence-corrected chi connectivity index (χ1v) is 10.6. The number of thiazole rings is 1. The number of urea groups is 1. The van der Waals surface area contributed by atoms with Crippen molar-refractivity contribution in [2.24, 2.45) is 0 Å². The van der Waals surface area contributed by atoms with Gasteiger partial charge in [0.2, 0.25) is 5.91 Å². The predicted molar refractivity (Wildman–Crippen MR) is 117 cm³/mol. The van der Waals surface area contributed by atoms with E-state index in [0.717, 1.165) is 27.3 Å². The van der Waals surface area contributed by atoms with Gasteiger partial charge in [-0.05, 0) is 45.0 Å². The number of benzene rings is 1. The Bertz CT molecular complexity index is 1010. The molecule has 8 heteroatoms. The maximum atomic E-state index is 12.5. The Hall–Kier alpha value is -2.87. The Morgan fingerprint density at radius 3 is 2.62 bits per heavy atom. The molecule has 0 fully saturated rings. The molecule has 0 radical (unpaired) electrons. The van der Waals surface area contributed by atoms with E-state index in [4.69, 9.17) is 0 Å². The van der Waals surface area contributed by atoms with Crippen molar-refractivity contribution < 1.29 is 9.59 Å². The summed E-state index contributed by atoms with van der Waals surface area (Å²) in [5, 5.41) is 6.79. The zero-order valence-electron chi connectivity index (χ0n) is 17.3. The normalized spacial score (nSPS) is 10.9. The van der Waals surface area contributed by atoms with Gasteiger partial charge in [-0.1, -0.05) is 0 Å². The molecule has 2 heterocycles. The third-order valence-electron chi connectivity index (χ3n) is 4.83. The number of aryl methyl sites for hydroxylation is 1. The van der Waals surface area contributed by atoms with Crippen molar-refractivity contribution in [3.05, 3.63) is 46.5 Å². The molecule has 0 saturated carbocycles. The van der Waals surface area contributed by atoms with Crippen molar-refractivity contribution in [3.8, 4) is 0 Å². The van der Waals surface area contributed by atoms with Gasteiger partial charge in [-0.3, -0.25) is 4.79 Å². The average molecular weight is 414 g/mol. The number of carbonyl (C=O) groups excluding carboxylic acids is 2. The first-order chi connectivity index (χ1) is 13.9. The number of amides is 3. The van der Waals surface area contributed by atoms with Gasteiger partial charge in [-0.15, -0.1) is 11.3 Å². The third-order valence-corrected chi connectivity index (χ3v) is 5.78. The van der Waals surface area contributed by atoms with Gasteiger partial charge in [-0.2, -0.15) is 0 Å². The maximum absolute atomic E-state index is 12.5. The van der Waals surface area contributed by atoms with E-state index in [-0.39, 0.29) is 11.9 Å². The van der Waals surface area contributed by atoms with E-state index in [2.05, 4.69) is 10.3 Å². The molecule has 3 amide bonds. The Balaban J connectivity index is 1.67. The van der Waals surface area contributed by atoms with E-state index in [1.165, 1.54) is 0 Å². The Kier molecular flexibility index (Phi) is 6.53. The highest BCUT2D eigenvalue weighted by Gasteiger charge is 2.14. The van der Waals surface area contributed by atoms with Crippen LogP contribution in [0.1, 0.15) is 24.5 Å². The van der Waals surface area contributed by atoms with Gasteiger partial charge < -0.3 is 19.7 Å². The van der Waals surface area contributed by atoms with Gasteiger partial charge in [0, 0.05) is 54.0 Å². The molecule has 1 N–H and O–H groups in total. The van der Waals surface area contributed by atoms with Crippen molar-refractivity contribution in [1.29, 1.82) is 0 Å². The molecular formula is C21H27N5O2S. The Labute approximate surface area is 174 Å². The SMILES string of the molecule is CCN(CC)C(=O)Cn1ccc2cc(NC(=O)N(C)Cc3nc(C)cs3)ccc21. The van der Waals surface area contributed by atoms with Gasteiger partial charge in [0.05, 0.1) is 6.54 Å². The van der Waals surface area contributed by atoms with Crippen LogP contribution in [0.2, 0.25) is 0 Å². The van der Waals surface area contributed by atoms with E-state index in [9.17, 15) is 9.59 Å². The molecule has 3 rings (SSSR count). The quantitative estimate of drug-likeness (QED) is 0.638. The number of hydrogen-bond acceptors (Lipinski definition) is 4. The number of aromatic nitrogens is 2. The largest absolute Gasteiger partial charge is 0.342 e. The number of nitrogens with one attached hydrogen (secondary N) is 1. The number of carbonyl (C=O) groups is 2. The zero-order valence-corrected chi connectivity index (χ0v) is 18.1. The van der Waals surface area contributed by atoms with Crippen LogP contribution in [0.15, 0.2) is 35.8 Å². The van der Waals surface area contributed by atoms with Gasteiger partial charge in [0.25, 0.3) is 0 Å². The van der Waals surface area contributed by atoms with Crippen molar-refractivity contribution in [3.63, 3.8) is 0 Å². The number of nitrogens with zero attached hydrogens (tertiary/aromatic N) is 4. The zero-order chi connectivity index (χ0) is 21.0. The molecule has 2 aromatic heterocycles. The van der Waals surface area contributed by atoms with Crippen LogP contribution in [0.5, 0.6) is 0 Å². The van der Waals surface area contributed by atoms with Crippen LogP contribution in [0, 0.1) is 6.92 Å². The van der Waals surface area contributed by atoms with E-state index >= 15 is 0 Å². The molecule has 0 aliphatic carbocycles. The lowest BCUT2D eigenvalue weighted by Crippen LogP contribution is -2.33. The van der Waals surface area contributed by atoms with Crippen LogP contribution in [0.3, 0.4) is 0 Å². The lowest BCUT2D eigenvalue weighted by Gasteiger charge is -2.19. The second-order valence-electron chi connectivity index (χ2n) is 6.95. The van der Waals surface area contributed by atoms with Crippen LogP contribution >= 0.6 is 11.3 Å². The van der Waals surface area contributed by atoms with Crippen LogP contribution in [0.25, 0.3) is 10.9 Å². The summed E-state index contributed by atoms with van der Waals surface area (Å²) in [5.74, 6) is 0.101. The van der Waals surface area contributed by atoms with Gasteiger partial charge in [-0.25, -0.2) is 9.78 Å². The standard InChI is InChI=1S/C21H27N5O2S/c1-5-25(6-2)20(27)13-26-10-9-16-11-17(7-8-18(16)26)23-21(28)24(4)12-19-22-15(3)14-29-19/h7-11,14H,5-6,12-13H2,1-4H3,(H,23,28). The molecule has 0 aliphatic rings. The summed E-state index contributed by atoms with van der Waals surface area (Å²) < 4.78 is 1.94. The fraction of sp³-hybridized carbons (Fsp3) is 0.381. The van der Waals surface area contributed by atoms with Crippen LogP contribution < -0.4 is 5.32 Å². The van der Waals surface area contributed by atoms with E-state index < -0.39 is 0 Å². The summed E-state index contributed by atoms with van der Waals surface area (Å²) in [7, 11) is 1.75. The van der Waals surface area contributed by atoms with Crippen LogP contribution in [-0.2, 0) is 17.9 Å². The first kappa shape index (κ1) is 20.9. The minimum Gasteiger partial charge on any atom is -0.342 e. The number of hydrogen-bond donors (Lipinski definition) is 1. The molecule has 0 bridgehead atoms. The number of likely N-dealkylation sites (N-methyl/N-ethyl adjacent to an activating group) is 1. The highest BCUT2D eigenvalue weighted by Crippen LogP contribution is 2.21. The number of anilines is 1. The highest BCUT2D eigenvalue weighted by molar-refractivity contribution is 7.09. The van der Waals surface area contributed by atoms with E-state index in [0.29, 0.717) is 26.2 Å². The summed E-state index contributed by atoms with van der Waals surface area (Å²) in [6.07, 6.45) is 1.91. The Morgan fingerprint density at radius 1 is 1.21 bits per heavy atom. The summed E-state index contributed by atoms with van der Waals surface area (Å²) in [6, 6.07) is 7.49. The topological polar surface area (TPSA) is 70.5 Å². The van der Waals surface area contributed by atoms with Crippen molar-refractivity contribution in [1.82, 2.24) is 19.4 Å². The lowest BCUT2D eigenvalue weighted by atomic mass is 10.2. The predicted octanol–water partition coefficient (Wildman–Crippen LogP) is 3.94. The number of fused-ring (bicyclic) bond motifs is 1. The lowest BCUT2D eigenvalue weighted by molar-refractivity contribution is -0.131. The molecule has 3 aromatic rings. The summed E-state index contributed by atoms with van der Waals surface area (Å²) in [6.45, 7) is 8.10. The fourth-order valence-electron chi connectivity index (χ4n) is 3.21. The molecule has 29 heavy (non-hydrogen) atoms. The minimum absolute atomic E-state index is 0.101. The molecule has 154 valence electrons. The van der Waals surface area contributed by atoms with Gasteiger partial charge in [0.15, 0.2) is 0 Å². The van der Waals surface area contributed by atoms with Crippen molar-refractivity contribution in [2.75, 3.05) is 25.5 Å². The summed E-state index contributed by atoms with van der Waals surface area (Å²) in [4.78, 5) is 32.7. The highest BCUT2D eigenvalue weighted by atomic mass is 32.1. The van der Waals surface area contributed by atoms with E-state index in [1.807, 2.05) is 66.1 Å². The smallest absolute Gasteiger partial charge is 0.321 e. The molecule has 0 aliphatic heterocycles. The van der Waals surface area contributed by atoms with E-state index in [1.54, 1.807) is 23.3 Å². The van der Waals surface area contributed by atoms with Crippen LogP contribution in [-0.4, -0.2) is 51.4 Å². The summed E-state index contributed by atoms with van der Waals surface area (Å²) in [5.41, 5.74) is 2.65. The van der Waals surface area contributed by atoms with Crippen LogP contribution in [0.4, 0.5) is 10.5 Å². The molecule has 0 unspecified atom stereocenters. The molecule has 0 atom stereocenters. The third kappa shape index (κ3) is 4.95. The fourth-order valence-corrected chi connectivity index (χ4v) is 4.03. The van der Waals surface area contributed by atoms with Gasteiger partial charge >= 0.3 is 6.03 Å². The Morgan fingerprint density at radius 2 is 1.97 bits per heavy atom. The molecular weight excluding hydrogens is 386 g/mol. The molecule has 1 aromatic carbocycles. The average Bonchev–Trinajstić information content (AvgIpc) is 3.28. The molecule has 7 nitrogen and oxygen atoms in total. The van der Waals surface area contributed by atoms with Crippen molar-refractivity contribution >= 4 is 39.9 Å². The minimum atomic E-state index is -0.187. The monoisotopic (exact) mass is 413 g/mol. The maximum Gasteiger partial charge on any atom is 0.321 e.